The number of aryl methyl sites for hydroxylation is 1. The largest absolute Gasteiger partial charge is 0.398 e. The summed E-state index contributed by atoms with van der Waals surface area (Å²) in [5.74, 6) is -0.215. The van der Waals surface area contributed by atoms with E-state index in [4.69, 9.17) is 5.73 Å². The van der Waals surface area contributed by atoms with Crippen molar-refractivity contribution in [2.75, 3.05) is 10.5 Å². The van der Waals surface area contributed by atoms with Gasteiger partial charge in [-0.1, -0.05) is 13.0 Å². The van der Waals surface area contributed by atoms with Crippen LogP contribution in [0.4, 0.5) is 10.8 Å². The molecule has 0 radical (unpaired) electrons. The minimum Gasteiger partial charge on any atom is -0.398 e. The highest BCUT2D eigenvalue weighted by molar-refractivity contribution is 7.93. The molecule has 0 aliphatic heterocycles. The Hall–Kier alpha value is -1.93. The molecule has 6 nitrogen and oxygen atoms in total. The molecule has 0 spiro atoms. The van der Waals surface area contributed by atoms with Crippen molar-refractivity contribution in [2.45, 2.75) is 25.2 Å². The predicted molar refractivity (Wildman–Crippen MR) is 83.2 cm³/mol. The van der Waals surface area contributed by atoms with Crippen LogP contribution in [0.3, 0.4) is 0 Å². The van der Waals surface area contributed by atoms with E-state index in [1.54, 1.807) is 6.07 Å². The molecule has 0 aliphatic carbocycles. The molecule has 3 N–H and O–H groups in total. The summed E-state index contributed by atoms with van der Waals surface area (Å²) in [6, 6.07) is 4.60. The molecule has 1 heterocycles. The predicted octanol–water partition coefficient (Wildman–Crippen LogP) is 2.29. The van der Waals surface area contributed by atoms with E-state index in [0.29, 0.717) is 5.69 Å². The number of hydrogen-bond acceptors (Lipinski definition) is 6. The van der Waals surface area contributed by atoms with Gasteiger partial charge in [0, 0.05) is 18.0 Å². The standard InChI is InChI=1S/C13H15N3O3S2/c1-3-9-4-5-10(6-11(9)14)21(18,19)16-13-15-12(7-20-13)8(2)17/h4-7H,3,14H2,1-2H3,(H,15,16). The van der Waals surface area contributed by atoms with Crippen LogP contribution in [0.5, 0.6) is 0 Å². The van der Waals surface area contributed by atoms with Crippen molar-refractivity contribution in [3.63, 3.8) is 0 Å². The van der Waals surface area contributed by atoms with Gasteiger partial charge in [-0.25, -0.2) is 13.4 Å². The maximum absolute atomic E-state index is 12.2. The molecule has 0 saturated carbocycles. The molecule has 112 valence electrons. The highest BCUT2D eigenvalue weighted by atomic mass is 32.2. The Balaban J connectivity index is 2.29. The fraction of sp³-hybridized carbons (Fsp3) is 0.231. The van der Waals surface area contributed by atoms with Gasteiger partial charge >= 0.3 is 0 Å². The summed E-state index contributed by atoms with van der Waals surface area (Å²) >= 11 is 1.06. The number of carbonyl (C=O) groups excluding carboxylic acids is 1. The van der Waals surface area contributed by atoms with Crippen LogP contribution in [0, 0.1) is 0 Å². The van der Waals surface area contributed by atoms with E-state index < -0.39 is 10.0 Å². The molecule has 21 heavy (non-hydrogen) atoms. The van der Waals surface area contributed by atoms with Crippen molar-refractivity contribution < 1.29 is 13.2 Å². The van der Waals surface area contributed by atoms with Crippen molar-refractivity contribution in [1.82, 2.24) is 4.98 Å². The van der Waals surface area contributed by atoms with Gasteiger partial charge in [0.25, 0.3) is 10.0 Å². The van der Waals surface area contributed by atoms with Crippen molar-refractivity contribution in [2.24, 2.45) is 0 Å². The topological polar surface area (TPSA) is 102 Å². The van der Waals surface area contributed by atoms with Crippen LogP contribution in [0.2, 0.25) is 0 Å². The Morgan fingerprint density at radius 3 is 2.67 bits per heavy atom. The van der Waals surface area contributed by atoms with Crippen molar-refractivity contribution in [3.05, 3.63) is 34.8 Å². The van der Waals surface area contributed by atoms with Gasteiger partial charge in [-0.2, -0.15) is 0 Å². The van der Waals surface area contributed by atoms with Crippen LogP contribution in [0.25, 0.3) is 0 Å². The lowest BCUT2D eigenvalue weighted by Gasteiger charge is -2.08. The number of sulfonamides is 1. The molecule has 0 unspecified atom stereocenters. The van der Waals surface area contributed by atoms with Crippen LogP contribution >= 0.6 is 11.3 Å². The monoisotopic (exact) mass is 325 g/mol. The zero-order valence-corrected chi connectivity index (χ0v) is 13.2. The molecule has 0 fully saturated rings. The molecule has 0 atom stereocenters. The Labute approximate surface area is 127 Å². The van der Waals surface area contributed by atoms with Crippen LogP contribution in [0.15, 0.2) is 28.5 Å². The van der Waals surface area contributed by atoms with Gasteiger partial charge < -0.3 is 5.73 Å². The highest BCUT2D eigenvalue weighted by Crippen LogP contribution is 2.23. The average molecular weight is 325 g/mol. The summed E-state index contributed by atoms with van der Waals surface area (Å²) < 4.78 is 26.8. The molecule has 0 saturated heterocycles. The normalized spacial score (nSPS) is 11.3. The molecule has 1 aromatic heterocycles. The minimum atomic E-state index is -3.77. The summed E-state index contributed by atoms with van der Waals surface area (Å²) in [7, 11) is -3.77. The number of nitrogens with two attached hydrogens (primary N) is 1. The maximum Gasteiger partial charge on any atom is 0.263 e. The van der Waals surface area contributed by atoms with Gasteiger partial charge in [0.1, 0.15) is 5.69 Å². The first-order valence-electron chi connectivity index (χ1n) is 6.21. The molecule has 0 aliphatic rings. The molecular weight excluding hydrogens is 310 g/mol. The Morgan fingerprint density at radius 1 is 1.43 bits per heavy atom. The van der Waals surface area contributed by atoms with E-state index in [1.807, 2.05) is 6.92 Å². The van der Waals surface area contributed by atoms with E-state index >= 15 is 0 Å². The number of rotatable bonds is 5. The van der Waals surface area contributed by atoms with Crippen LogP contribution < -0.4 is 10.5 Å². The fourth-order valence-corrected chi connectivity index (χ4v) is 3.76. The SMILES string of the molecule is CCc1ccc(S(=O)(=O)Nc2nc(C(C)=O)cs2)cc1N. The van der Waals surface area contributed by atoms with Gasteiger partial charge in [0.15, 0.2) is 10.9 Å². The minimum absolute atomic E-state index is 0.0665. The Morgan fingerprint density at radius 2 is 2.14 bits per heavy atom. The number of nitrogens with one attached hydrogen (secondary N) is 1. The Kier molecular flexibility index (Phi) is 4.29. The summed E-state index contributed by atoms with van der Waals surface area (Å²) in [6.45, 7) is 3.31. The smallest absolute Gasteiger partial charge is 0.263 e. The lowest BCUT2D eigenvalue weighted by molar-refractivity contribution is 0.101. The first-order chi connectivity index (χ1) is 9.83. The molecule has 0 bridgehead atoms. The molecule has 8 heteroatoms. The lowest BCUT2D eigenvalue weighted by atomic mass is 10.1. The second-order valence-corrected chi connectivity index (χ2v) is 6.95. The number of thiazole rings is 1. The highest BCUT2D eigenvalue weighted by Gasteiger charge is 2.17. The van der Waals surface area contributed by atoms with Crippen LogP contribution in [-0.4, -0.2) is 19.2 Å². The number of aromatic nitrogens is 1. The Bertz CT molecular complexity index is 782. The van der Waals surface area contributed by atoms with E-state index in [0.717, 1.165) is 23.3 Å². The summed E-state index contributed by atoms with van der Waals surface area (Å²) in [6.07, 6.45) is 0.730. The summed E-state index contributed by atoms with van der Waals surface area (Å²) in [5.41, 5.74) is 7.38. The third-order valence-corrected chi connectivity index (χ3v) is 5.12. The van der Waals surface area contributed by atoms with Crippen LogP contribution in [0.1, 0.15) is 29.9 Å². The zero-order chi connectivity index (χ0) is 15.6. The van der Waals surface area contributed by atoms with Gasteiger partial charge in [0.2, 0.25) is 0 Å². The van der Waals surface area contributed by atoms with Gasteiger partial charge in [-0.05, 0) is 24.1 Å². The number of nitrogen functional groups attached to an aromatic ring is 1. The summed E-state index contributed by atoms with van der Waals surface area (Å²) in [5, 5.41) is 1.66. The molecule has 0 amide bonds. The van der Waals surface area contributed by atoms with E-state index in [2.05, 4.69) is 9.71 Å². The van der Waals surface area contributed by atoms with Crippen molar-refractivity contribution >= 4 is 38.0 Å². The molecule has 1 aromatic carbocycles. The van der Waals surface area contributed by atoms with E-state index in [-0.39, 0.29) is 21.5 Å². The van der Waals surface area contributed by atoms with Gasteiger partial charge in [-0.3, -0.25) is 9.52 Å². The second-order valence-electron chi connectivity index (χ2n) is 4.41. The van der Waals surface area contributed by atoms with Gasteiger partial charge in [-0.15, -0.1) is 11.3 Å². The third-order valence-electron chi connectivity index (χ3n) is 2.90. The molecule has 2 rings (SSSR count). The number of Topliss-reactive ketones (excluding diaryl/α,β-unsaturated/α-hetero) is 1. The molecule has 2 aromatic rings. The number of nitrogens with zero attached hydrogens (tertiary/aromatic N) is 1. The molecular formula is C13H15N3O3S2. The number of ketones is 1. The van der Waals surface area contributed by atoms with Gasteiger partial charge in [0.05, 0.1) is 4.90 Å². The van der Waals surface area contributed by atoms with Crippen molar-refractivity contribution in [1.29, 1.82) is 0 Å². The average Bonchev–Trinajstić information content (AvgIpc) is 2.86. The van der Waals surface area contributed by atoms with E-state index in [9.17, 15) is 13.2 Å². The quantitative estimate of drug-likeness (QED) is 0.648. The lowest BCUT2D eigenvalue weighted by Crippen LogP contribution is -2.13. The zero-order valence-electron chi connectivity index (χ0n) is 11.6. The van der Waals surface area contributed by atoms with Crippen molar-refractivity contribution in [3.8, 4) is 0 Å². The van der Waals surface area contributed by atoms with E-state index in [1.165, 1.54) is 24.4 Å². The fourth-order valence-electron chi connectivity index (χ4n) is 1.72. The number of hydrogen-bond donors (Lipinski definition) is 2. The number of carbonyl (C=O) groups is 1. The first-order valence-corrected chi connectivity index (χ1v) is 8.57. The summed E-state index contributed by atoms with van der Waals surface area (Å²) in [4.78, 5) is 15.2. The number of benzene rings is 1. The number of anilines is 2. The second kappa shape index (κ2) is 5.82. The maximum atomic E-state index is 12.2. The first kappa shape index (κ1) is 15.5. The van der Waals surface area contributed by atoms with Crippen LogP contribution in [-0.2, 0) is 16.4 Å². The third kappa shape index (κ3) is 3.40.